The molecule has 1 aliphatic rings. The monoisotopic (exact) mass is 296 g/mol. The number of rotatable bonds is 6. The molecule has 2 N–H and O–H groups in total. The van der Waals surface area contributed by atoms with Gasteiger partial charge in [-0.3, -0.25) is 4.90 Å². The Morgan fingerprint density at radius 1 is 1.57 bits per heavy atom. The molecule has 2 atom stereocenters. The van der Waals surface area contributed by atoms with Gasteiger partial charge in [-0.25, -0.2) is 4.68 Å². The van der Waals surface area contributed by atoms with Gasteiger partial charge in [0.05, 0.1) is 31.0 Å². The quantitative estimate of drug-likeness (QED) is 0.851. The minimum absolute atomic E-state index is 0.121. The van der Waals surface area contributed by atoms with Crippen LogP contribution in [0.1, 0.15) is 30.1 Å². The van der Waals surface area contributed by atoms with Crippen LogP contribution in [0, 0.1) is 12.8 Å². The van der Waals surface area contributed by atoms with Crippen LogP contribution in [0.3, 0.4) is 0 Å². The van der Waals surface area contributed by atoms with Crippen molar-refractivity contribution in [2.75, 3.05) is 40.5 Å². The lowest BCUT2D eigenvalue weighted by atomic mass is 9.99. The van der Waals surface area contributed by atoms with Crippen LogP contribution in [-0.4, -0.2) is 55.1 Å². The third kappa shape index (κ3) is 3.56. The van der Waals surface area contributed by atoms with Crippen molar-refractivity contribution in [2.24, 2.45) is 18.7 Å². The van der Waals surface area contributed by atoms with Crippen molar-refractivity contribution < 1.29 is 9.47 Å². The molecule has 0 spiro atoms. The second-order valence-electron chi connectivity index (χ2n) is 5.91. The molecule has 6 heteroatoms. The molecule has 2 rings (SSSR count). The highest BCUT2D eigenvalue weighted by atomic mass is 16.5. The van der Waals surface area contributed by atoms with Gasteiger partial charge in [-0.1, -0.05) is 0 Å². The Morgan fingerprint density at radius 3 is 2.90 bits per heavy atom. The summed E-state index contributed by atoms with van der Waals surface area (Å²) in [6.07, 6.45) is 2.38. The van der Waals surface area contributed by atoms with Crippen LogP contribution < -0.4 is 10.5 Å². The van der Waals surface area contributed by atoms with Crippen LogP contribution in [0.2, 0.25) is 0 Å². The van der Waals surface area contributed by atoms with Crippen molar-refractivity contribution in [1.29, 1.82) is 0 Å². The molecule has 1 saturated heterocycles. The lowest BCUT2D eigenvalue weighted by molar-refractivity contribution is 0.0363. The van der Waals surface area contributed by atoms with Crippen molar-refractivity contribution in [3.05, 3.63) is 11.3 Å². The van der Waals surface area contributed by atoms with Gasteiger partial charge in [-0.05, 0) is 32.7 Å². The summed E-state index contributed by atoms with van der Waals surface area (Å²) in [5, 5.41) is 4.46. The van der Waals surface area contributed by atoms with E-state index in [0.29, 0.717) is 12.5 Å². The van der Waals surface area contributed by atoms with E-state index in [1.54, 1.807) is 11.8 Å². The Balaban J connectivity index is 2.14. The number of aromatic nitrogens is 2. The third-order valence-corrected chi connectivity index (χ3v) is 4.30. The maximum absolute atomic E-state index is 6.05. The predicted molar refractivity (Wildman–Crippen MR) is 82.5 cm³/mol. The van der Waals surface area contributed by atoms with E-state index < -0.39 is 0 Å². The highest BCUT2D eigenvalue weighted by Gasteiger charge is 2.27. The molecule has 0 radical (unpaired) electrons. The zero-order chi connectivity index (χ0) is 15.4. The first-order valence-electron chi connectivity index (χ1n) is 7.64. The Hall–Kier alpha value is -1.11. The molecular weight excluding hydrogens is 268 g/mol. The van der Waals surface area contributed by atoms with E-state index in [-0.39, 0.29) is 6.04 Å². The van der Waals surface area contributed by atoms with E-state index in [4.69, 9.17) is 15.2 Å². The van der Waals surface area contributed by atoms with Crippen molar-refractivity contribution in [3.63, 3.8) is 0 Å². The number of ether oxygens (including phenoxy) is 2. The zero-order valence-corrected chi connectivity index (χ0v) is 13.6. The van der Waals surface area contributed by atoms with Gasteiger partial charge in [0.25, 0.3) is 0 Å². The van der Waals surface area contributed by atoms with Gasteiger partial charge in [0, 0.05) is 26.7 Å². The fourth-order valence-electron chi connectivity index (χ4n) is 3.28. The summed E-state index contributed by atoms with van der Waals surface area (Å²) in [5.41, 5.74) is 8.13. The van der Waals surface area contributed by atoms with E-state index in [9.17, 15) is 0 Å². The summed E-state index contributed by atoms with van der Waals surface area (Å²) in [7, 11) is 5.71. The largest absolute Gasteiger partial charge is 0.481 e. The van der Waals surface area contributed by atoms with E-state index in [2.05, 4.69) is 17.0 Å². The molecule has 21 heavy (non-hydrogen) atoms. The Morgan fingerprint density at radius 2 is 2.33 bits per heavy atom. The first kappa shape index (κ1) is 16.3. The van der Waals surface area contributed by atoms with Crippen LogP contribution in [-0.2, 0) is 11.8 Å². The SMILES string of the molecule is COc1c(C(CN)N(C)CC2CCCOC2)c(C)nn1C. The van der Waals surface area contributed by atoms with E-state index in [1.807, 2.05) is 14.0 Å². The average Bonchev–Trinajstić information content (AvgIpc) is 2.75. The van der Waals surface area contributed by atoms with E-state index in [1.165, 1.54) is 6.42 Å². The number of hydrogen-bond acceptors (Lipinski definition) is 5. The molecular formula is C15H28N4O2. The van der Waals surface area contributed by atoms with Gasteiger partial charge in [-0.2, -0.15) is 5.10 Å². The first-order valence-corrected chi connectivity index (χ1v) is 7.64. The Labute approximate surface area is 127 Å². The van der Waals surface area contributed by atoms with E-state index >= 15 is 0 Å². The van der Waals surface area contributed by atoms with Crippen LogP contribution in [0.15, 0.2) is 0 Å². The van der Waals surface area contributed by atoms with Gasteiger partial charge in [0.2, 0.25) is 5.88 Å². The Kier molecular flexibility index (Phi) is 5.61. The Bertz CT molecular complexity index is 455. The molecule has 1 aromatic rings. The number of likely N-dealkylation sites (N-methyl/N-ethyl adjacent to an activating group) is 1. The standard InChI is InChI=1S/C15H28N4O2/c1-11-14(15(20-4)19(3)17-11)13(8-16)18(2)9-12-6-5-7-21-10-12/h12-13H,5-10,16H2,1-4H3. The highest BCUT2D eigenvalue weighted by Crippen LogP contribution is 2.31. The van der Waals surface area contributed by atoms with Gasteiger partial charge in [0.15, 0.2) is 0 Å². The molecule has 2 unspecified atom stereocenters. The first-order chi connectivity index (χ1) is 10.1. The molecule has 1 fully saturated rings. The van der Waals surface area contributed by atoms with Crippen LogP contribution in [0.5, 0.6) is 5.88 Å². The van der Waals surface area contributed by atoms with Crippen molar-refractivity contribution in [3.8, 4) is 5.88 Å². The summed E-state index contributed by atoms with van der Waals surface area (Å²) in [6.45, 7) is 5.30. The lowest BCUT2D eigenvalue weighted by Gasteiger charge is -2.32. The summed E-state index contributed by atoms with van der Waals surface area (Å²) in [5.74, 6) is 1.38. The van der Waals surface area contributed by atoms with Crippen molar-refractivity contribution in [2.45, 2.75) is 25.8 Å². The second-order valence-corrected chi connectivity index (χ2v) is 5.91. The minimum Gasteiger partial charge on any atom is -0.481 e. The number of hydrogen-bond donors (Lipinski definition) is 1. The zero-order valence-electron chi connectivity index (χ0n) is 13.6. The highest BCUT2D eigenvalue weighted by molar-refractivity contribution is 5.34. The maximum Gasteiger partial charge on any atom is 0.216 e. The van der Waals surface area contributed by atoms with Gasteiger partial charge >= 0.3 is 0 Å². The molecule has 0 amide bonds. The maximum atomic E-state index is 6.05. The summed E-state index contributed by atoms with van der Waals surface area (Å²) in [4.78, 5) is 2.31. The normalized spacial score (nSPS) is 20.8. The van der Waals surface area contributed by atoms with Crippen LogP contribution in [0.25, 0.3) is 0 Å². The molecule has 0 saturated carbocycles. The van der Waals surface area contributed by atoms with Gasteiger partial charge in [-0.15, -0.1) is 0 Å². The summed E-state index contributed by atoms with van der Waals surface area (Å²) >= 11 is 0. The number of nitrogens with zero attached hydrogens (tertiary/aromatic N) is 3. The molecule has 0 bridgehead atoms. The van der Waals surface area contributed by atoms with Gasteiger partial charge in [0.1, 0.15) is 0 Å². The topological polar surface area (TPSA) is 65.5 Å². The summed E-state index contributed by atoms with van der Waals surface area (Å²) < 4.78 is 12.9. The molecule has 1 aliphatic heterocycles. The summed E-state index contributed by atoms with van der Waals surface area (Å²) in [6, 6.07) is 0.121. The molecule has 2 heterocycles. The number of aryl methyl sites for hydroxylation is 2. The van der Waals surface area contributed by atoms with Crippen LogP contribution >= 0.6 is 0 Å². The molecule has 0 aromatic carbocycles. The van der Waals surface area contributed by atoms with Crippen LogP contribution in [0.4, 0.5) is 0 Å². The predicted octanol–water partition coefficient (Wildman–Crippen LogP) is 1.10. The minimum atomic E-state index is 0.121. The molecule has 1 aromatic heterocycles. The fraction of sp³-hybridized carbons (Fsp3) is 0.800. The molecule has 0 aliphatic carbocycles. The van der Waals surface area contributed by atoms with E-state index in [0.717, 1.165) is 43.3 Å². The van der Waals surface area contributed by atoms with Crippen molar-refractivity contribution in [1.82, 2.24) is 14.7 Å². The number of nitrogens with two attached hydrogens (primary N) is 1. The fourth-order valence-corrected chi connectivity index (χ4v) is 3.28. The third-order valence-electron chi connectivity index (χ3n) is 4.30. The molecule has 120 valence electrons. The lowest BCUT2D eigenvalue weighted by Crippen LogP contribution is -2.37. The number of methoxy groups -OCH3 is 1. The van der Waals surface area contributed by atoms with Crippen molar-refractivity contribution >= 4 is 0 Å². The second kappa shape index (κ2) is 7.24. The van der Waals surface area contributed by atoms with Gasteiger partial charge < -0.3 is 15.2 Å². The molecule has 6 nitrogen and oxygen atoms in total. The smallest absolute Gasteiger partial charge is 0.216 e. The average molecular weight is 296 g/mol.